The quantitative estimate of drug-likeness (QED) is 0.797. The number of nitrogens with one attached hydrogen (secondary N) is 1. The number of nitrogens with zero attached hydrogens (tertiary/aromatic N) is 2. The number of anilines is 1. The smallest absolute Gasteiger partial charge is 0.244 e. The average molecular weight is 367 g/mol. The Kier molecular flexibility index (Phi) is 6.60. The molecular formula is C22H26FN3O. The van der Waals surface area contributed by atoms with Gasteiger partial charge in [0.25, 0.3) is 0 Å². The molecule has 0 spiro atoms. The first-order chi connectivity index (χ1) is 13.1. The Hall–Kier alpha value is -2.66. The molecule has 0 radical (unpaired) electrons. The van der Waals surface area contributed by atoms with Crippen molar-refractivity contribution in [3.05, 3.63) is 72.1 Å². The van der Waals surface area contributed by atoms with E-state index in [1.54, 1.807) is 18.2 Å². The Morgan fingerprint density at radius 3 is 2.41 bits per heavy atom. The maximum Gasteiger partial charge on any atom is 0.244 e. The van der Waals surface area contributed by atoms with Crippen molar-refractivity contribution in [2.45, 2.75) is 13.0 Å². The summed E-state index contributed by atoms with van der Waals surface area (Å²) in [6.07, 6.45) is 3.19. The summed E-state index contributed by atoms with van der Waals surface area (Å²) in [6, 6.07) is 16.8. The van der Waals surface area contributed by atoms with Crippen molar-refractivity contribution in [1.82, 2.24) is 10.2 Å². The molecule has 1 heterocycles. The second-order valence-corrected chi connectivity index (χ2v) is 6.84. The second-order valence-electron chi connectivity index (χ2n) is 6.84. The number of rotatable bonds is 6. The minimum absolute atomic E-state index is 0.130. The van der Waals surface area contributed by atoms with E-state index in [0.29, 0.717) is 6.54 Å². The number of amides is 1. The lowest BCUT2D eigenvalue weighted by atomic mass is 10.2. The molecule has 1 saturated heterocycles. The first kappa shape index (κ1) is 19.1. The van der Waals surface area contributed by atoms with Gasteiger partial charge in [0, 0.05) is 50.5 Å². The molecule has 142 valence electrons. The third-order valence-corrected chi connectivity index (χ3v) is 4.93. The van der Waals surface area contributed by atoms with Gasteiger partial charge >= 0.3 is 0 Å². The Balaban J connectivity index is 1.41. The normalized spacial score (nSPS) is 16.4. The average Bonchev–Trinajstić information content (AvgIpc) is 2.72. The zero-order chi connectivity index (χ0) is 19.1. The van der Waals surface area contributed by atoms with Crippen molar-refractivity contribution in [3.8, 4) is 0 Å². The summed E-state index contributed by atoms with van der Waals surface area (Å²) in [7, 11) is 0. The molecule has 0 aromatic heterocycles. The van der Waals surface area contributed by atoms with Crippen LogP contribution in [0.25, 0.3) is 6.08 Å². The Morgan fingerprint density at radius 1 is 1.07 bits per heavy atom. The highest BCUT2D eigenvalue weighted by atomic mass is 19.1. The standard InChI is InChI=1S/C22H26FN3O/c1-18(17-24-22(27)12-9-19-7-10-20(23)11-8-19)25-13-15-26(16-14-25)21-5-3-2-4-6-21/h2-12,18H,13-17H2,1H3,(H,24,27)/b12-9+. The van der Waals surface area contributed by atoms with Gasteiger partial charge in [-0.1, -0.05) is 30.3 Å². The molecule has 27 heavy (non-hydrogen) atoms. The van der Waals surface area contributed by atoms with Crippen LogP contribution in [0.1, 0.15) is 12.5 Å². The van der Waals surface area contributed by atoms with Gasteiger partial charge < -0.3 is 10.2 Å². The molecular weight excluding hydrogens is 341 g/mol. The lowest BCUT2D eigenvalue weighted by molar-refractivity contribution is -0.116. The van der Waals surface area contributed by atoms with E-state index in [0.717, 1.165) is 31.7 Å². The van der Waals surface area contributed by atoms with Gasteiger partial charge in [0.15, 0.2) is 0 Å². The molecule has 0 aliphatic carbocycles. The minimum atomic E-state index is -0.280. The van der Waals surface area contributed by atoms with Crippen molar-refractivity contribution < 1.29 is 9.18 Å². The van der Waals surface area contributed by atoms with E-state index in [1.807, 2.05) is 6.07 Å². The van der Waals surface area contributed by atoms with Gasteiger partial charge in [-0.2, -0.15) is 0 Å². The fourth-order valence-corrected chi connectivity index (χ4v) is 3.24. The van der Waals surface area contributed by atoms with Crippen molar-refractivity contribution in [2.24, 2.45) is 0 Å². The summed E-state index contributed by atoms with van der Waals surface area (Å²) in [6.45, 7) is 6.70. The van der Waals surface area contributed by atoms with Gasteiger partial charge in [-0.25, -0.2) is 4.39 Å². The van der Waals surface area contributed by atoms with Gasteiger partial charge in [-0.3, -0.25) is 9.69 Å². The van der Waals surface area contributed by atoms with Gasteiger partial charge in [0.2, 0.25) is 5.91 Å². The summed E-state index contributed by atoms with van der Waals surface area (Å²) in [5.41, 5.74) is 2.07. The Labute approximate surface area is 160 Å². The van der Waals surface area contributed by atoms with Crippen LogP contribution in [0.5, 0.6) is 0 Å². The van der Waals surface area contributed by atoms with E-state index in [1.165, 1.54) is 23.9 Å². The fraction of sp³-hybridized carbons (Fsp3) is 0.318. The lowest BCUT2D eigenvalue weighted by Gasteiger charge is -2.39. The number of carbonyl (C=O) groups excluding carboxylic acids is 1. The third-order valence-electron chi connectivity index (χ3n) is 4.93. The number of piperazine rings is 1. The minimum Gasteiger partial charge on any atom is -0.369 e. The monoisotopic (exact) mass is 367 g/mol. The number of hydrogen-bond donors (Lipinski definition) is 1. The summed E-state index contributed by atoms with van der Waals surface area (Å²) < 4.78 is 12.9. The van der Waals surface area contributed by atoms with E-state index >= 15 is 0 Å². The largest absolute Gasteiger partial charge is 0.369 e. The van der Waals surface area contributed by atoms with Crippen LogP contribution in [0.4, 0.5) is 10.1 Å². The molecule has 4 nitrogen and oxygen atoms in total. The molecule has 0 bridgehead atoms. The zero-order valence-electron chi connectivity index (χ0n) is 15.6. The Bertz CT molecular complexity index is 753. The maximum atomic E-state index is 12.9. The second kappa shape index (κ2) is 9.33. The van der Waals surface area contributed by atoms with Crippen LogP contribution in [0.15, 0.2) is 60.7 Å². The number of hydrogen-bond acceptors (Lipinski definition) is 3. The van der Waals surface area contributed by atoms with E-state index in [2.05, 4.69) is 46.3 Å². The van der Waals surface area contributed by atoms with E-state index in [4.69, 9.17) is 0 Å². The van der Waals surface area contributed by atoms with Gasteiger partial charge in [-0.05, 0) is 42.8 Å². The van der Waals surface area contributed by atoms with Crippen LogP contribution in [0, 0.1) is 5.82 Å². The maximum absolute atomic E-state index is 12.9. The molecule has 0 saturated carbocycles. The van der Waals surface area contributed by atoms with Crippen molar-refractivity contribution >= 4 is 17.7 Å². The van der Waals surface area contributed by atoms with Gasteiger partial charge in [-0.15, -0.1) is 0 Å². The van der Waals surface area contributed by atoms with Gasteiger partial charge in [0.05, 0.1) is 0 Å². The van der Waals surface area contributed by atoms with Crippen LogP contribution in [0.3, 0.4) is 0 Å². The number of carbonyl (C=O) groups is 1. The third kappa shape index (κ3) is 5.66. The molecule has 2 aromatic carbocycles. The van der Waals surface area contributed by atoms with E-state index in [9.17, 15) is 9.18 Å². The van der Waals surface area contributed by atoms with E-state index in [-0.39, 0.29) is 17.8 Å². The predicted octanol–water partition coefficient (Wildman–Crippen LogP) is 3.17. The lowest BCUT2D eigenvalue weighted by Crippen LogP contribution is -2.52. The molecule has 1 fully saturated rings. The Morgan fingerprint density at radius 2 is 1.74 bits per heavy atom. The summed E-state index contributed by atoms with van der Waals surface area (Å²) >= 11 is 0. The van der Waals surface area contributed by atoms with Crippen molar-refractivity contribution in [2.75, 3.05) is 37.6 Å². The summed E-state index contributed by atoms with van der Waals surface area (Å²) in [5.74, 6) is -0.410. The first-order valence-corrected chi connectivity index (χ1v) is 9.37. The molecule has 1 unspecified atom stereocenters. The topological polar surface area (TPSA) is 35.6 Å². The molecule has 1 aliphatic rings. The summed E-state index contributed by atoms with van der Waals surface area (Å²) in [4.78, 5) is 16.8. The van der Waals surface area contributed by atoms with Crippen LogP contribution >= 0.6 is 0 Å². The fourth-order valence-electron chi connectivity index (χ4n) is 3.24. The summed E-state index contributed by atoms with van der Waals surface area (Å²) in [5, 5.41) is 2.95. The number of halogens is 1. The van der Waals surface area contributed by atoms with Crippen molar-refractivity contribution in [1.29, 1.82) is 0 Å². The molecule has 1 atom stereocenters. The molecule has 1 amide bonds. The SMILES string of the molecule is CC(CNC(=O)/C=C/c1ccc(F)cc1)N1CCN(c2ccccc2)CC1. The predicted molar refractivity (Wildman–Crippen MR) is 108 cm³/mol. The van der Waals surface area contributed by atoms with Crippen LogP contribution in [0.2, 0.25) is 0 Å². The van der Waals surface area contributed by atoms with E-state index < -0.39 is 0 Å². The van der Waals surface area contributed by atoms with Crippen LogP contribution in [-0.2, 0) is 4.79 Å². The molecule has 5 heteroatoms. The molecule has 2 aromatic rings. The molecule has 1 aliphatic heterocycles. The highest BCUT2D eigenvalue weighted by molar-refractivity contribution is 5.91. The van der Waals surface area contributed by atoms with Crippen molar-refractivity contribution in [3.63, 3.8) is 0 Å². The number of para-hydroxylation sites is 1. The molecule has 3 rings (SSSR count). The molecule has 1 N–H and O–H groups in total. The number of benzene rings is 2. The van der Waals surface area contributed by atoms with Crippen LogP contribution in [-0.4, -0.2) is 49.6 Å². The highest BCUT2D eigenvalue weighted by Gasteiger charge is 2.21. The zero-order valence-corrected chi connectivity index (χ0v) is 15.6. The van der Waals surface area contributed by atoms with Crippen LogP contribution < -0.4 is 10.2 Å². The first-order valence-electron chi connectivity index (χ1n) is 9.37. The highest BCUT2D eigenvalue weighted by Crippen LogP contribution is 2.16. The van der Waals surface area contributed by atoms with Gasteiger partial charge in [0.1, 0.15) is 5.82 Å².